The molecule has 9 nitrogen and oxygen atoms in total. The predicted molar refractivity (Wildman–Crippen MR) is 225 cm³/mol. The maximum atomic E-state index is 12.9. The number of thioether (sulfide) groups is 1. The second-order valence-corrected chi connectivity index (χ2v) is 15.0. The van der Waals surface area contributed by atoms with E-state index in [9.17, 15) is 14.7 Å². The zero-order valence-electron chi connectivity index (χ0n) is 31.8. The molecule has 0 saturated carbocycles. The number of nitrogens with one attached hydrogen (secondary N) is 3. The van der Waals surface area contributed by atoms with E-state index in [1.54, 1.807) is 23.9 Å². The van der Waals surface area contributed by atoms with Gasteiger partial charge in [0.1, 0.15) is 11.5 Å². The highest BCUT2D eigenvalue weighted by Gasteiger charge is 2.38. The first-order valence-electron chi connectivity index (χ1n) is 18.9. The molecule has 4 N–H and O–H groups in total. The summed E-state index contributed by atoms with van der Waals surface area (Å²) in [4.78, 5) is 25.5. The van der Waals surface area contributed by atoms with Gasteiger partial charge in [0.15, 0.2) is 6.29 Å². The van der Waals surface area contributed by atoms with Crippen LogP contribution in [0.25, 0.3) is 11.1 Å². The van der Waals surface area contributed by atoms with Crippen LogP contribution in [0.1, 0.15) is 48.5 Å². The van der Waals surface area contributed by atoms with Crippen LogP contribution >= 0.6 is 11.8 Å². The Balaban J connectivity index is 1.01. The lowest BCUT2D eigenvalue weighted by atomic mass is 9.91. The lowest BCUT2D eigenvalue weighted by Crippen LogP contribution is -2.38. The van der Waals surface area contributed by atoms with Gasteiger partial charge in [-0.2, -0.15) is 0 Å². The minimum absolute atomic E-state index is 0.0215. The average Bonchev–Trinajstić information content (AvgIpc) is 3.24. The maximum Gasteiger partial charge on any atom is 0.319 e. The molecule has 10 heteroatoms. The highest BCUT2D eigenvalue weighted by Crippen LogP contribution is 2.43. The van der Waals surface area contributed by atoms with E-state index in [0.717, 1.165) is 49.7 Å². The van der Waals surface area contributed by atoms with Crippen molar-refractivity contribution in [1.29, 1.82) is 0 Å². The molecule has 6 aromatic carbocycles. The van der Waals surface area contributed by atoms with Gasteiger partial charge in [0.2, 0.25) is 5.91 Å². The Hall–Kier alpha value is -5.91. The number of urea groups is 1. The van der Waals surface area contributed by atoms with E-state index in [1.165, 1.54) is 6.92 Å². The van der Waals surface area contributed by atoms with Crippen LogP contribution in [0.15, 0.2) is 157 Å². The molecule has 1 heterocycles. The summed E-state index contributed by atoms with van der Waals surface area (Å²) in [5.41, 5.74) is 7.16. The van der Waals surface area contributed by atoms with Gasteiger partial charge >= 0.3 is 6.03 Å². The number of benzene rings is 6. The van der Waals surface area contributed by atoms with E-state index in [4.69, 9.17) is 14.2 Å². The van der Waals surface area contributed by atoms with Crippen LogP contribution < -0.4 is 20.7 Å². The second kappa shape index (κ2) is 18.8. The fraction of sp³-hybridized carbons (Fsp3) is 0.191. The number of anilines is 2. The van der Waals surface area contributed by atoms with Crippen LogP contribution in [0.4, 0.5) is 16.2 Å². The van der Waals surface area contributed by atoms with E-state index in [0.29, 0.717) is 23.7 Å². The molecule has 1 aliphatic heterocycles. The third-order valence-electron chi connectivity index (χ3n) is 9.75. The summed E-state index contributed by atoms with van der Waals surface area (Å²) in [7, 11) is 0. The van der Waals surface area contributed by atoms with E-state index < -0.39 is 6.29 Å². The molecule has 0 bridgehead atoms. The van der Waals surface area contributed by atoms with Crippen molar-refractivity contribution in [2.75, 3.05) is 16.4 Å². The summed E-state index contributed by atoms with van der Waals surface area (Å²) in [5, 5.41) is 18.3. The number of rotatable bonds is 13. The Labute approximate surface area is 337 Å². The molecule has 0 unspecified atom stereocenters. The number of carbonyl (C=O) groups is 2. The Morgan fingerprint density at radius 3 is 2.04 bits per heavy atom. The van der Waals surface area contributed by atoms with Gasteiger partial charge in [-0.15, -0.1) is 11.8 Å². The fourth-order valence-corrected chi connectivity index (χ4v) is 7.75. The molecule has 4 atom stereocenters. The van der Waals surface area contributed by atoms with Crippen molar-refractivity contribution in [1.82, 2.24) is 5.32 Å². The third-order valence-corrected chi connectivity index (χ3v) is 10.9. The molecule has 0 aliphatic carbocycles. The summed E-state index contributed by atoms with van der Waals surface area (Å²) in [6.45, 7) is 3.96. The first-order valence-corrected chi connectivity index (χ1v) is 19.9. The summed E-state index contributed by atoms with van der Waals surface area (Å²) >= 11 is 1.70. The Bertz CT molecular complexity index is 2230. The molecule has 7 rings (SSSR count). The van der Waals surface area contributed by atoms with E-state index >= 15 is 0 Å². The summed E-state index contributed by atoms with van der Waals surface area (Å²) in [5.74, 6) is 2.06. The molecule has 57 heavy (non-hydrogen) atoms. The van der Waals surface area contributed by atoms with Gasteiger partial charge in [0, 0.05) is 47.0 Å². The topological polar surface area (TPSA) is 118 Å². The van der Waals surface area contributed by atoms with Crippen LogP contribution in [0.5, 0.6) is 11.5 Å². The second-order valence-electron chi connectivity index (χ2n) is 13.9. The zero-order valence-corrected chi connectivity index (χ0v) is 32.6. The average molecular weight is 780 g/mol. The minimum Gasteiger partial charge on any atom is -0.457 e. The van der Waals surface area contributed by atoms with E-state index in [1.807, 2.05) is 127 Å². The summed E-state index contributed by atoms with van der Waals surface area (Å²) in [6.07, 6.45) is -0.975. The molecule has 0 radical (unpaired) electrons. The van der Waals surface area contributed by atoms with Crippen molar-refractivity contribution in [2.24, 2.45) is 5.92 Å². The number of amides is 3. The predicted octanol–water partition coefficient (Wildman–Crippen LogP) is 10.5. The van der Waals surface area contributed by atoms with Crippen molar-refractivity contribution in [3.8, 4) is 22.6 Å². The van der Waals surface area contributed by atoms with Crippen LogP contribution in [0, 0.1) is 5.92 Å². The van der Waals surface area contributed by atoms with Gasteiger partial charge in [-0.05, 0) is 88.5 Å². The molecule has 0 spiro atoms. The highest BCUT2D eigenvalue weighted by molar-refractivity contribution is 7.99. The number of ether oxygens (including phenoxy) is 3. The molecule has 1 aliphatic rings. The minimum atomic E-state index is -0.606. The first-order chi connectivity index (χ1) is 27.8. The van der Waals surface area contributed by atoms with Gasteiger partial charge in [0.05, 0.1) is 18.8 Å². The van der Waals surface area contributed by atoms with Crippen molar-refractivity contribution < 1.29 is 28.9 Å². The highest BCUT2D eigenvalue weighted by atomic mass is 32.2. The maximum absolute atomic E-state index is 12.9. The van der Waals surface area contributed by atoms with Gasteiger partial charge in [-0.3, -0.25) is 4.79 Å². The molecule has 1 fully saturated rings. The van der Waals surface area contributed by atoms with E-state index in [2.05, 4.69) is 35.0 Å². The lowest BCUT2D eigenvalue weighted by molar-refractivity contribution is -0.268. The van der Waals surface area contributed by atoms with Crippen LogP contribution in [0.2, 0.25) is 0 Å². The standard InChI is InChI=1S/C47H45N3O6S/c1-31-44(30-57-42-26-22-38(23-27-42)49-32(2)52)55-46(56-45(31)35-14-12-33(29-51)13-15-35)36-18-16-34(17-19-36)43-11-7-6-8-37(43)28-48-47(53)50-39-20-24-41(25-21-39)54-40-9-4-3-5-10-40/h3-27,31,44-46,51H,28-30H2,1-2H3,(H,49,52)(H2,48,50,53)/t31-,44+,45+,46+/m0/s1. The number of aliphatic hydroxyl groups is 1. The summed E-state index contributed by atoms with van der Waals surface area (Å²) in [6, 6.07) is 48.4. The quantitative estimate of drug-likeness (QED) is 0.0862. The van der Waals surface area contributed by atoms with Crippen molar-refractivity contribution >= 4 is 35.1 Å². The van der Waals surface area contributed by atoms with Gasteiger partial charge in [-0.25, -0.2) is 4.79 Å². The normalized spacial score (nSPS) is 17.7. The lowest BCUT2D eigenvalue weighted by Gasteiger charge is -2.41. The number of carbonyl (C=O) groups excluding carboxylic acids is 2. The monoisotopic (exact) mass is 779 g/mol. The Morgan fingerprint density at radius 1 is 0.702 bits per heavy atom. The van der Waals surface area contributed by atoms with E-state index in [-0.39, 0.29) is 36.7 Å². The van der Waals surface area contributed by atoms with Gasteiger partial charge in [-0.1, -0.05) is 97.9 Å². The SMILES string of the molecule is CC(=O)Nc1ccc(SC[C@H]2O[C@@H](c3ccc(-c4ccccc4CNC(=O)Nc4ccc(Oc5ccccc5)cc4)cc3)O[C@@H](c3ccc(CO)cc3)[C@H]2C)cc1. The van der Waals surface area contributed by atoms with Crippen LogP contribution in [-0.4, -0.2) is 28.9 Å². The largest absolute Gasteiger partial charge is 0.457 e. The summed E-state index contributed by atoms with van der Waals surface area (Å²) < 4.78 is 19.3. The molecule has 3 amide bonds. The molecule has 6 aromatic rings. The van der Waals surface area contributed by atoms with Gasteiger partial charge < -0.3 is 35.3 Å². The third kappa shape index (κ3) is 10.5. The first kappa shape index (κ1) is 39.3. The molecular formula is C47H45N3O6S. The smallest absolute Gasteiger partial charge is 0.319 e. The number of para-hydroxylation sites is 1. The van der Waals surface area contributed by atoms with Gasteiger partial charge in [0.25, 0.3) is 0 Å². The Kier molecular flexibility index (Phi) is 13.0. The van der Waals surface area contributed by atoms with Crippen LogP contribution in [0.3, 0.4) is 0 Å². The van der Waals surface area contributed by atoms with Crippen molar-refractivity contribution in [3.05, 3.63) is 174 Å². The van der Waals surface area contributed by atoms with Crippen molar-refractivity contribution in [2.45, 2.75) is 50.4 Å². The molecule has 290 valence electrons. The molecular weight excluding hydrogens is 735 g/mol. The number of aliphatic hydroxyl groups excluding tert-OH is 1. The molecule has 1 saturated heterocycles. The Morgan fingerprint density at radius 2 is 1.33 bits per heavy atom. The van der Waals surface area contributed by atoms with Crippen molar-refractivity contribution in [3.63, 3.8) is 0 Å². The van der Waals surface area contributed by atoms with Crippen LogP contribution in [-0.2, 0) is 27.4 Å². The number of hydrogen-bond acceptors (Lipinski definition) is 7. The zero-order chi connectivity index (χ0) is 39.6. The number of hydrogen-bond donors (Lipinski definition) is 4. The fourth-order valence-electron chi connectivity index (χ4n) is 6.68. The molecule has 0 aromatic heterocycles.